The number of hydrogen-bond donors (Lipinski definition) is 0. The summed E-state index contributed by atoms with van der Waals surface area (Å²) in [6.07, 6.45) is 0. The van der Waals surface area contributed by atoms with Gasteiger partial charge in [0.25, 0.3) is 0 Å². The van der Waals surface area contributed by atoms with E-state index in [9.17, 15) is 10.5 Å². The second-order valence-corrected chi connectivity index (χ2v) is 12.0. The standard InChI is InChI=1S/C44H26N4/c45-27-29-20-25-33(30-21-23-32(24-22-30)47-39-15-5-1-11-34(39)35-12-2-6-16-40(35)47)38(26-29)44-31(28-46)10-9-19-43(44)48-41-17-7-3-13-36(41)37-14-4-8-18-42(37)48/h1-26H. The quantitative estimate of drug-likeness (QED) is 0.199. The van der Waals surface area contributed by atoms with Crippen molar-refractivity contribution in [2.45, 2.75) is 0 Å². The van der Waals surface area contributed by atoms with Crippen LogP contribution in [-0.2, 0) is 0 Å². The van der Waals surface area contributed by atoms with E-state index in [-0.39, 0.29) is 0 Å². The number of para-hydroxylation sites is 4. The van der Waals surface area contributed by atoms with Crippen molar-refractivity contribution in [3.8, 4) is 45.8 Å². The first-order valence-electron chi connectivity index (χ1n) is 15.9. The van der Waals surface area contributed by atoms with Crippen LogP contribution in [0.5, 0.6) is 0 Å². The normalized spacial score (nSPS) is 11.3. The van der Waals surface area contributed by atoms with Crippen LogP contribution in [0.1, 0.15) is 11.1 Å². The molecule has 7 aromatic carbocycles. The number of benzene rings is 7. The van der Waals surface area contributed by atoms with Crippen molar-refractivity contribution in [3.05, 3.63) is 169 Å². The second kappa shape index (κ2) is 10.9. The zero-order valence-electron chi connectivity index (χ0n) is 25.8. The van der Waals surface area contributed by atoms with Crippen LogP contribution in [0.4, 0.5) is 0 Å². The summed E-state index contributed by atoms with van der Waals surface area (Å²) >= 11 is 0. The molecule has 0 amide bonds. The molecule has 0 fully saturated rings. The van der Waals surface area contributed by atoms with E-state index in [4.69, 9.17) is 0 Å². The summed E-state index contributed by atoms with van der Waals surface area (Å²) in [5.41, 5.74) is 11.1. The number of nitriles is 2. The Bertz CT molecular complexity index is 2690. The number of hydrogen-bond acceptors (Lipinski definition) is 2. The summed E-state index contributed by atoms with van der Waals surface area (Å²) in [5.74, 6) is 0. The lowest BCUT2D eigenvalue weighted by Gasteiger charge is -2.19. The van der Waals surface area contributed by atoms with Crippen molar-refractivity contribution in [2.24, 2.45) is 0 Å². The predicted octanol–water partition coefficient (Wildman–Crippen LogP) is 11.0. The molecule has 2 aromatic heterocycles. The first-order chi connectivity index (χ1) is 23.7. The van der Waals surface area contributed by atoms with Gasteiger partial charge in [-0.05, 0) is 77.4 Å². The summed E-state index contributed by atoms with van der Waals surface area (Å²) in [6.45, 7) is 0. The molecule has 0 unspecified atom stereocenters. The Balaban J connectivity index is 1.27. The topological polar surface area (TPSA) is 57.4 Å². The van der Waals surface area contributed by atoms with Crippen LogP contribution in [0.25, 0.3) is 77.2 Å². The van der Waals surface area contributed by atoms with Gasteiger partial charge in [0.15, 0.2) is 0 Å². The van der Waals surface area contributed by atoms with E-state index >= 15 is 0 Å². The summed E-state index contributed by atoms with van der Waals surface area (Å²) in [7, 11) is 0. The first-order valence-corrected chi connectivity index (χ1v) is 15.9. The molecule has 0 saturated carbocycles. The van der Waals surface area contributed by atoms with Crippen molar-refractivity contribution in [1.29, 1.82) is 10.5 Å². The molecule has 0 spiro atoms. The minimum absolute atomic E-state index is 0.538. The monoisotopic (exact) mass is 610 g/mol. The highest BCUT2D eigenvalue weighted by molar-refractivity contribution is 6.11. The summed E-state index contributed by atoms with van der Waals surface area (Å²) in [5, 5.41) is 25.3. The SMILES string of the molecule is N#Cc1ccc(-c2ccc(-n3c4ccccc4c4ccccc43)cc2)c(-c2c(C#N)cccc2-n2c3ccccc3c3ccccc32)c1. The number of rotatable bonds is 4. The van der Waals surface area contributed by atoms with E-state index in [1.807, 2.05) is 42.5 Å². The minimum atomic E-state index is 0.538. The van der Waals surface area contributed by atoms with Gasteiger partial charge in [0.1, 0.15) is 0 Å². The maximum Gasteiger partial charge on any atom is 0.0998 e. The molecule has 0 aliphatic carbocycles. The van der Waals surface area contributed by atoms with Gasteiger partial charge in [-0.25, -0.2) is 0 Å². The lowest BCUT2D eigenvalue weighted by Crippen LogP contribution is -2.01. The maximum absolute atomic E-state index is 10.5. The van der Waals surface area contributed by atoms with Gasteiger partial charge >= 0.3 is 0 Å². The lowest BCUT2D eigenvalue weighted by atomic mass is 9.89. The van der Waals surface area contributed by atoms with Gasteiger partial charge < -0.3 is 9.13 Å². The van der Waals surface area contributed by atoms with Crippen molar-refractivity contribution in [3.63, 3.8) is 0 Å². The van der Waals surface area contributed by atoms with Crippen LogP contribution in [0.15, 0.2) is 158 Å². The summed E-state index contributed by atoms with van der Waals surface area (Å²) < 4.78 is 4.55. The first kappa shape index (κ1) is 27.4. The Morgan fingerprint density at radius 3 is 1.46 bits per heavy atom. The Kier molecular flexibility index (Phi) is 6.22. The highest BCUT2D eigenvalue weighted by Crippen LogP contribution is 2.42. The number of nitrogens with zero attached hydrogens (tertiary/aromatic N) is 4. The smallest absolute Gasteiger partial charge is 0.0998 e. The number of fused-ring (bicyclic) bond motifs is 6. The van der Waals surface area contributed by atoms with E-state index in [0.717, 1.165) is 66.5 Å². The molecule has 0 saturated heterocycles. The van der Waals surface area contributed by atoms with Crippen LogP contribution in [0, 0.1) is 22.7 Å². The zero-order chi connectivity index (χ0) is 32.2. The molecule has 9 rings (SSSR count). The second-order valence-electron chi connectivity index (χ2n) is 12.0. The summed E-state index contributed by atoms with van der Waals surface area (Å²) in [6, 6.07) is 58.8. The Morgan fingerprint density at radius 1 is 0.417 bits per heavy atom. The Labute approximate surface area is 277 Å². The lowest BCUT2D eigenvalue weighted by molar-refractivity contribution is 1.18. The van der Waals surface area contributed by atoms with Crippen molar-refractivity contribution >= 4 is 43.6 Å². The molecular formula is C44H26N4. The van der Waals surface area contributed by atoms with Gasteiger partial charge in [-0.15, -0.1) is 0 Å². The fourth-order valence-corrected chi connectivity index (χ4v) is 7.35. The van der Waals surface area contributed by atoms with Gasteiger partial charge in [-0.3, -0.25) is 0 Å². The fourth-order valence-electron chi connectivity index (χ4n) is 7.35. The van der Waals surface area contributed by atoms with Crippen molar-refractivity contribution < 1.29 is 0 Å². The molecule has 2 heterocycles. The molecule has 0 radical (unpaired) electrons. The van der Waals surface area contributed by atoms with Gasteiger partial charge in [0.05, 0.1) is 51.0 Å². The molecule has 4 nitrogen and oxygen atoms in total. The van der Waals surface area contributed by atoms with E-state index < -0.39 is 0 Å². The average molecular weight is 611 g/mol. The van der Waals surface area contributed by atoms with Crippen molar-refractivity contribution in [2.75, 3.05) is 0 Å². The number of aromatic nitrogens is 2. The maximum atomic E-state index is 10.5. The highest BCUT2D eigenvalue weighted by Gasteiger charge is 2.21. The van der Waals surface area contributed by atoms with Crippen molar-refractivity contribution in [1.82, 2.24) is 9.13 Å². The van der Waals surface area contributed by atoms with Gasteiger partial charge in [-0.1, -0.05) is 97.1 Å². The molecule has 222 valence electrons. The van der Waals surface area contributed by atoms with Gasteiger partial charge in [0.2, 0.25) is 0 Å². The van der Waals surface area contributed by atoms with E-state index in [0.29, 0.717) is 11.1 Å². The van der Waals surface area contributed by atoms with E-state index in [1.165, 1.54) is 10.8 Å². The molecule has 0 N–H and O–H groups in total. The molecule has 0 atom stereocenters. The minimum Gasteiger partial charge on any atom is -0.309 e. The largest absolute Gasteiger partial charge is 0.309 e. The van der Waals surface area contributed by atoms with Crippen LogP contribution in [0.3, 0.4) is 0 Å². The highest BCUT2D eigenvalue weighted by atomic mass is 15.0. The van der Waals surface area contributed by atoms with E-state index in [2.05, 4.69) is 137 Å². The Hall–Kier alpha value is -6.88. The zero-order valence-corrected chi connectivity index (χ0v) is 25.8. The Morgan fingerprint density at radius 2 is 0.938 bits per heavy atom. The third-order valence-corrected chi connectivity index (χ3v) is 9.42. The van der Waals surface area contributed by atoms with Crippen LogP contribution in [-0.4, -0.2) is 9.13 Å². The molecule has 0 aliphatic rings. The molecule has 0 aliphatic heterocycles. The van der Waals surface area contributed by atoms with Gasteiger partial charge in [-0.2, -0.15) is 10.5 Å². The molecule has 48 heavy (non-hydrogen) atoms. The van der Waals surface area contributed by atoms with Crippen LogP contribution in [0.2, 0.25) is 0 Å². The average Bonchev–Trinajstić information content (AvgIpc) is 3.67. The van der Waals surface area contributed by atoms with E-state index in [1.54, 1.807) is 0 Å². The summed E-state index contributed by atoms with van der Waals surface area (Å²) in [4.78, 5) is 0. The third-order valence-electron chi connectivity index (χ3n) is 9.42. The predicted molar refractivity (Wildman–Crippen MR) is 195 cm³/mol. The fraction of sp³-hybridized carbons (Fsp3) is 0. The molecule has 0 bridgehead atoms. The van der Waals surface area contributed by atoms with Crippen LogP contribution >= 0.6 is 0 Å². The van der Waals surface area contributed by atoms with Crippen LogP contribution < -0.4 is 0 Å². The van der Waals surface area contributed by atoms with Gasteiger partial charge in [0, 0.05) is 32.8 Å². The molecular weight excluding hydrogens is 585 g/mol. The molecule has 9 aromatic rings. The molecule has 4 heteroatoms. The third kappa shape index (κ3) is 4.07.